The van der Waals surface area contributed by atoms with E-state index in [2.05, 4.69) is 10.3 Å². The van der Waals surface area contributed by atoms with E-state index in [0.29, 0.717) is 5.02 Å². The molecule has 0 aliphatic carbocycles. The molecule has 0 saturated heterocycles. The number of benzene rings is 2. The van der Waals surface area contributed by atoms with E-state index in [1.807, 2.05) is 42.0 Å². The van der Waals surface area contributed by atoms with Gasteiger partial charge in [0.05, 0.1) is 17.1 Å². The first kappa shape index (κ1) is 21.0. The van der Waals surface area contributed by atoms with Crippen LogP contribution in [0.1, 0.15) is 11.4 Å². The van der Waals surface area contributed by atoms with Crippen molar-refractivity contribution in [1.29, 1.82) is 0 Å². The maximum atomic E-state index is 12.6. The highest BCUT2D eigenvalue weighted by molar-refractivity contribution is 7.89. The minimum absolute atomic E-state index is 0.0816. The summed E-state index contributed by atoms with van der Waals surface area (Å²) < 4.78 is 28.1. The van der Waals surface area contributed by atoms with Gasteiger partial charge in [-0.25, -0.2) is 13.4 Å². The van der Waals surface area contributed by atoms with Gasteiger partial charge >= 0.3 is 0 Å². The molecule has 152 valence electrons. The Hall–Kier alpha value is -2.68. The number of hydrogen-bond acceptors (Lipinski definition) is 4. The third-order valence-corrected chi connectivity index (χ3v) is 6.51. The molecular weight excluding hydrogens is 412 g/mol. The maximum Gasteiger partial charge on any atom is 0.243 e. The number of rotatable bonds is 7. The van der Waals surface area contributed by atoms with E-state index >= 15 is 0 Å². The maximum absolute atomic E-state index is 12.6. The van der Waals surface area contributed by atoms with Crippen LogP contribution in [0.5, 0.6) is 0 Å². The second-order valence-corrected chi connectivity index (χ2v) is 8.95. The normalized spacial score (nSPS) is 11.6. The lowest BCUT2D eigenvalue weighted by atomic mass is 10.1. The van der Waals surface area contributed by atoms with Crippen LogP contribution in [0.15, 0.2) is 65.8 Å². The molecule has 0 radical (unpaired) electrons. The summed E-state index contributed by atoms with van der Waals surface area (Å²) in [6.07, 6.45) is 3.56. The highest BCUT2D eigenvalue weighted by Crippen LogP contribution is 2.18. The van der Waals surface area contributed by atoms with Gasteiger partial charge in [-0.3, -0.25) is 4.79 Å². The Morgan fingerprint density at radius 1 is 1.17 bits per heavy atom. The van der Waals surface area contributed by atoms with Crippen LogP contribution in [0.4, 0.5) is 0 Å². The lowest BCUT2D eigenvalue weighted by molar-refractivity contribution is -0.121. The molecule has 0 aliphatic rings. The fourth-order valence-electron chi connectivity index (χ4n) is 2.85. The minimum atomic E-state index is -3.78. The van der Waals surface area contributed by atoms with E-state index in [9.17, 15) is 13.2 Å². The number of aryl methyl sites for hydroxylation is 1. The zero-order valence-corrected chi connectivity index (χ0v) is 17.6. The number of nitrogens with zero attached hydrogens (tertiary/aromatic N) is 3. The summed E-state index contributed by atoms with van der Waals surface area (Å²) in [6, 6.07) is 13.5. The number of aromatic nitrogens is 2. The Morgan fingerprint density at radius 2 is 1.86 bits per heavy atom. The molecule has 0 fully saturated rings. The van der Waals surface area contributed by atoms with Gasteiger partial charge in [0.1, 0.15) is 5.82 Å². The topological polar surface area (TPSA) is 84.3 Å². The van der Waals surface area contributed by atoms with E-state index in [0.717, 1.165) is 21.4 Å². The summed E-state index contributed by atoms with van der Waals surface area (Å²) in [5, 5.41) is 3.23. The van der Waals surface area contributed by atoms with Crippen molar-refractivity contribution >= 4 is 27.5 Å². The minimum Gasteiger partial charge on any atom is -0.351 e. The third kappa shape index (κ3) is 4.84. The van der Waals surface area contributed by atoms with Crippen LogP contribution < -0.4 is 5.32 Å². The number of hydrogen-bond donors (Lipinski definition) is 1. The zero-order valence-electron chi connectivity index (χ0n) is 16.0. The smallest absolute Gasteiger partial charge is 0.243 e. The Kier molecular flexibility index (Phi) is 6.36. The monoisotopic (exact) mass is 432 g/mol. The molecule has 29 heavy (non-hydrogen) atoms. The van der Waals surface area contributed by atoms with Crippen molar-refractivity contribution in [1.82, 2.24) is 19.2 Å². The van der Waals surface area contributed by atoms with Crippen molar-refractivity contribution in [2.75, 3.05) is 13.6 Å². The van der Waals surface area contributed by atoms with Crippen LogP contribution in [0.2, 0.25) is 5.02 Å². The SMILES string of the molecule is Cc1nccn1-c1ccccc1CNC(=O)CN(C)S(=O)(=O)c1ccc(Cl)cc1. The van der Waals surface area contributed by atoms with Gasteiger partial charge in [-0.15, -0.1) is 0 Å². The zero-order chi connectivity index (χ0) is 21.0. The molecule has 0 unspecified atom stereocenters. The molecule has 0 atom stereocenters. The molecule has 3 aromatic rings. The molecule has 1 heterocycles. The van der Waals surface area contributed by atoms with Gasteiger partial charge < -0.3 is 9.88 Å². The first-order valence-electron chi connectivity index (χ1n) is 8.86. The number of halogens is 1. The van der Waals surface area contributed by atoms with Crippen LogP contribution >= 0.6 is 11.6 Å². The first-order valence-corrected chi connectivity index (χ1v) is 10.7. The molecule has 0 spiro atoms. The molecule has 1 amide bonds. The van der Waals surface area contributed by atoms with Gasteiger partial charge in [0.15, 0.2) is 0 Å². The summed E-state index contributed by atoms with van der Waals surface area (Å²) in [5.41, 5.74) is 1.80. The standard InChI is InChI=1S/C20H21ClN4O3S/c1-15-22-11-12-25(15)19-6-4-3-5-16(19)13-23-20(26)14-24(2)29(27,28)18-9-7-17(21)8-10-18/h3-12H,13-14H2,1-2H3,(H,23,26). The molecule has 2 aromatic carbocycles. The summed E-state index contributed by atoms with van der Waals surface area (Å²) >= 11 is 5.81. The van der Waals surface area contributed by atoms with Crippen molar-refractivity contribution in [3.05, 3.63) is 77.3 Å². The number of carbonyl (C=O) groups is 1. The highest BCUT2D eigenvalue weighted by atomic mass is 35.5. The molecule has 7 nitrogen and oxygen atoms in total. The summed E-state index contributed by atoms with van der Waals surface area (Å²) in [4.78, 5) is 16.7. The number of amides is 1. The second-order valence-electron chi connectivity index (χ2n) is 6.46. The fourth-order valence-corrected chi connectivity index (χ4v) is 4.10. The van der Waals surface area contributed by atoms with Crippen molar-refractivity contribution < 1.29 is 13.2 Å². The first-order chi connectivity index (χ1) is 13.8. The predicted molar refractivity (Wildman–Crippen MR) is 111 cm³/mol. The number of nitrogens with one attached hydrogen (secondary N) is 1. The lowest BCUT2D eigenvalue weighted by Crippen LogP contribution is -2.38. The number of sulfonamides is 1. The summed E-state index contributed by atoms with van der Waals surface area (Å²) in [7, 11) is -2.41. The van der Waals surface area contributed by atoms with Crippen molar-refractivity contribution in [3.63, 3.8) is 0 Å². The van der Waals surface area contributed by atoms with Gasteiger partial charge in [0.2, 0.25) is 15.9 Å². The summed E-state index contributed by atoms with van der Waals surface area (Å²) in [5.74, 6) is 0.430. The Labute approximate surface area is 175 Å². The Bertz CT molecular complexity index is 1110. The van der Waals surface area contributed by atoms with E-state index in [1.165, 1.54) is 31.3 Å². The second kappa shape index (κ2) is 8.77. The predicted octanol–water partition coefficient (Wildman–Crippen LogP) is 2.77. The molecule has 9 heteroatoms. The van der Waals surface area contributed by atoms with E-state index in [-0.39, 0.29) is 18.0 Å². The van der Waals surface area contributed by atoms with E-state index in [4.69, 9.17) is 11.6 Å². The van der Waals surface area contributed by atoms with Gasteiger partial charge in [-0.2, -0.15) is 4.31 Å². The van der Waals surface area contributed by atoms with Crippen LogP contribution in [-0.4, -0.2) is 41.8 Å². The molecule has 0 aliphatic heterocycles. The Balaban J connectivity index is 1.66. The van der Waals surface area contributed by atoms with E-state index < -0.39 is 15.9 Å². The lowest BCUT2D eigenvalue weighted by Gasteiger charge is -2.17. The molecular formula is C20H21ClN4O3S. The molecule has 0 saturated carbocycles. The van der Waals surface area contributed by atoms with Crippen LogP contribution in [0, 0.1) is 6.92 Å². The number of carbonyl (C=O) groups excluding carboxylic acids is 1. The van der Waals surface area contributed by atoms with Crippen LogP contribution in [-0.2, 0) is 21.4 Å². The van der Waals surface area contributed by atoms with E-state index in [1.54, 1.807) is 6.20 Å². The fraction of sp³-hybridized carbons (Fsp3) is 0.200. The third-order valence-electron chi connectivity index (χ3n) is 4.44. The molecule has 1 aromatic heterocycles. The molecule has 1 N–H and O–H groups in total. The average molecular weight is 433 g/mol. The van der Waals surface area contributed by atoms with Crippen molar-refractivity contribution in [3.8, 4) is 5.69 Å². The van der Waals surface area contributed by atoms with Gasteiger partial charge in [-0.1, -0.05) is 29.8 Å². The van der Waals surface area contributed by atoms with Gasteiger partial charge in [0, 0.05) is 31.0 Å². The quantitative estimate of drug-likeness (QED) is 0.622. The molecule has 0 bridgehead atoms. The van der Waals surface area contributed by atoms with Gasteiger partial charge in [-0.05, 0) is 42.8 Å². The van der Waals surface area contributed by atoms with Crippen molar-refractivity contribution in [2.24, 2.45) is 0 Å². The number of likely N-dealkylation sites (N-methyl/N-ethyl adjacent to an activating group) is 1. The average Bonchev–Trinajstić information content (AvgIpc) is 3.12. The highest BCUT2D eigenvalue weighted by Gasteiger charge is 2.23. The number of imidazole rings is 1. The van der Waals surface area contributed by atoms with Gasteiger partial charge in [0.25, 0.3) is 0 Å². The van der Waals surface area contributed by atoms with Crippen molar-refractivity contribution in [2.45, 2.75) is 18.4 Å². The molecule has 3 rings (SSSR count). The van der Waals surface area contributed by atoms with Crippen LogP contribution in [0.25, 0.3) is 5.69 Å². The Morgan fingerprint density at radius 3 is 2.52 bits per heavy atom. The number of para-hydroxylation sites is 1. The summed E-state index contributed by atoms with van der Waals surface area (Å²) in [6.45, 7) is 1.87. The largest absolute Gasteiger partial charge is 0.351 e. The van der Waals surface area contributed by atoms with Crippen LogP contribution in [0.3, 0.4) is 0 Å².